The molecule has 20 heavy (non-hydrogen) atoms. The zero-order valence-electron chi connectivity index (χ0n) is 12.1. The monoisotopic (exact) mass is 289 g/mol. The number of nitrogens with zero attached hydrogens (tertiary/aromatic N) is 1. The smallest absolute Gasteiger partial charge is 0.268 e. The van der Waals surface area contributed by atoms with E-state index < -0.39 is 0 Å². The molecule has 3 nitrogen and oxygen atoms in total. The number of benzene rings is 1. The molecule has 106 valence electrons. The van der Waals surface area contributed by atoms with Gasteiger partial charge in [-0.1, -0.05) is 38.1 Å². The summed E-state index contributed by atoms with van der Waals surface area (Å²) in [5.41, 5.74) is 2.21. The maximum Gasteiger partial charge on any atom is 0.293 e. The third-order valence-corrected chi connectivity index (χ3v) is 4.42. The van der Waals surface area contributed by atoms with Crippen molar-refractivity contribution in [3.8, 4) is 0 Å². The summed E-state index contributed by atoms with van der Waals surface area (Å²) >= 11 is 1.03. The van der Waals surface area contributed by atoms with E-state index in [9.17, 15) is 9.59 Å². The Hall–Kier alpha value is -1.55. The van der Waals surface area contributed by atoms with Crippen LogP contribution in [0.25, 0.3) is 6.08 Å². The van der Waals surface area contributed by atoms with E-state index in [-0.39, 0.29) is 17.2 Å². The van der Waals surface area contributed by atoms with Crippen molar-refractivity contribution in [2.75, 3.05) is 0 Å². The molecule has 1 aliphatic rings. The van der Waals surface area contributed by atoms with Crippen molar-refractivity contribution in [3.05, 3.63) is 40.3 Å². The average Bonchev–Trinajstić information content (AvgIpc) is 2.73. The van der Waals surface area contributed by atoms with Gasteiger partial charge in [0.05, 0.1) is 4.91 Å². The van der Waals surface area contributed by atoms with Gasteiger partial charge in [-0.3, -0.25) is 14.5 Å². The summed E-state index contributed by atoms with van der Waals surface area (Å²) in [6.07, 6.45) is 3.56. The van der Waals surface area contributed by atoms with Crippen molar-refractivity contribution in [2.45, 2.75) is 39.7 Å². The first-order chi connectivity index (χ1) is 9.56. The third kappa shape index (κ3) is 2.96. The summed E-state index contributed by atoms with van der Waals surface area (Å²) in [7, 11) is 0. The molecule has 0 saturated carbocycles. The van der Waals surface area contributed by atoms with Gasteiger partial charge in [-0.15, -0.1) is 0 Å². The van der Waals surface area contributed by atoms with E-state index >= 15 is 0 Å². The van der Waals surface area contributed by atoms with E-state index in [4.69, 9.17) is 0 Å². The molecule has 1 aromatic rings. The van der Waals surface area contributed by atoms with Crippen molar-refractivity contribution >= 4 is 29.0 Å². The Labute approximate surface area is 124 Å². The Morgan fingerprint density at radius 3 is 2.40 bits per heavy atom. The molecule has 0 radical (unpaired) electrons. The second kappa shape index (κ2) is 6.27. The van der Waals surface area contributed by atoms with Crippen LogP contribution < -0.4 is 0 Å². The van der Waals surface area contributed by atoms with Gasteiger partial charge in [-0.05, 0) is 48.7 Å². The molecule has 1 fully saturated rings. The second-order valence-electron chi connectivity index (χ2n) is 4.90. The molecule has 2 rings (SSSR count). The first-order valence-electron chi connectivity index (χ1n) is 6.92. The topological polar surface area (TPSA) is 37.4 Å². The highest BCUT2D eigenvalue weighted by molar-refractivity contribution is 8.18. The summed E-state index contributed by atoms with van der Waals surface area (Å²) < 4.78 is 0. The van der Waals surface area contributed by atoms with Gasteiger partial charge in [-0.25, -0.2) is 0 Å². The van der Waals surface area contributed by atoms with E-state index in [0.29, 0.717) is 4.91 Å². The average molecular weight is 289 g/mol. The number of hydrogen-bond acceptors (Lipinski definition) is 3. The lowest BCUT2D eigenvalue weighted by molar-refractivity contribution is -0.124. The third-order valence-electron chi connectivity index (χ3n) is 3.54. The number of hydrogen-bond donors (Lipinski definition) is 0. The predicted molar refractivity (Wildman–Crippen MR) is 83.4 cm³/mol. The Kier molecular flexibility index (Phi) is 4.65. The lowest BCUT2D eigenvalue weighted by Gasteiger charge is -2.19. The van der Waals surface area contributed by atoms with Crippen LogP contribution in [0.2, 0.25) is 0 Å². The highest BCUT2D eigenvalue weighted by Crippen LogP contribution is 2.34. The Morgan fingerprint density at radius 1 is 1.20 bits per heavy atom. The zero-order valence-corrected chi connectivity index (χ0v) is 12.9. The quantitative estimate of drug-likeness (QED) is 0.784. The molecular formula is C16H19NO2S. The van der Waals surface area contributed by atoms with E-state index in [1.54, 1.807) is 6.08 Å². The van der Waals surface area contributed by atoms with Gasteiger partial charge < -0.3 is 0 Å². The fraction of sp³-hybridized carbons (Fsp3) is 0.375. The van der Waals surface area contributed by atoms with Crippen LogP contribution in [0, 0.1) is 0 Å². The Balaban J connectivity index is 2.22. The molecule has 0 N–H and O–H groups in total. The molecule has 1 heterocycles. The van der Waals surface area contributed by atoms with Crippen molar-refractivity contribution in [1.82, 2.24) is 4.90 Å². The van der Waals surface area contributed by atoms with Gasteiger partial charge in [-0.2, -0.15) is 0 Å². The van der Waals surface area contributed by atoms with Gasteiger partial charge in [0.15, 0.2) is 0 Å². The van der Waals surface area contributed by atoms with Gasteiger partial charge >= 0.3 is 0 Å². The van der Waals surface area contributed by atoms with Crippen LogP contribution in [0.5, 0.6) is 0 Å². The highest BCUT2D eigenvalue weighted by Gasteiger charge is 2.37. The minimum absolute atomic E-state index is 0.0455. The standard InChI is InChI=1S/C16H19NO2S/c1-4-11(3)17-15(18)14(20-16(17)19)10-13-8-6-12(5-2)7-9-13/h6-11H,4-5H2,1-3H3/b14-10+/t11-/m1/s1. The van der Waals surface area contributed by atoms with E-state index in [0.717, 1.165) is 30.2 Å². The molecular weight excluding hydrogens is 270 g/mol. The fourth-order valence-corrected chi connectivity index (χ4v) is 2.97. The summed E-state index contributed by atoms with van der Waals surface area (Å²) in [6.45, 7) is 5.98. The highest BCUT2D eigenvalue weighted by atomic mass is 32.2. The van der Waals surface area contributed by atoms with Gasteiger partial charge in [0.25, 0.3) is 11.1 Å². The molecule has 4 heteroatoms. The molecule has 0 unspecified atom stereocenters. The zero-order chi connectivity index (χ0) is 14.7. The van der Waals surface area contributed by atoms with Crippen LogP contribution in [0.15, 0.2) is 29.2 Å². The van der Waals surface area contributed by atoms with Crippen molar-refractivity contribution < 1.29 is 9.59 Å². The minimum atomic E-state index is -0.172. The Morgan fingerprint density at radius 2 is 1.85 bits per heavy atom. The van der Waals surface area contributed by atoms with Crippen molar-refractivity contribution in [1.29, 1.82) is 0 Å². The van der Waals surface area contributed by atoms with E-state index in [1.165, 1.54) is 10.5 Å². The summed E-state index contributed by atoms with van der Waals surface area (Å²) in [5, 5.41) is -0.166. The molecule has 1 saturated heterocycles. The van der Waals surface area contributed by atoms with Crippen LogP contribution >= 0.6 is 11.8 Å². The lowest BCUT2D eigenvalue weighted by atomic mass is 10.1. The molecule has 1 atom stereocenters. The predicted octanol–water partition coefficient (Wildman–Crippen LogP) is 4.08. The van der Waals surface area contributed by atoms with E-state index in [1.807, 2.05) is 38.1 Å². The van der Waals surface area contributed by atoms with Crippen LogP contribution in [0.1, 0.15) is 38.3 Å². The first kappa shape index (κ1) is 14.9. The number of rotatable bonds is 4. The second-order valence-corrected chi connectivity index (χ2v) is 5.90. The number of thioether (sulfide) groups is 1. The molecule has 2 amide bonds. The lowest BCUT2D eigenvalue weighted by Crippen LogP contribution is -2.36. The van der Waals surface area contributed by atoms with E-state index in [2.05, 4.69) is 6.92 Å². The summed E-state index contributed by atoms with van der Waals surface area (Å²) in [5.74, 6) is -0.172. The van der Waals surface area contributed by atoms with Crippen LogP contribution in [-0.2, 0) is 11.2 Å². The number of imide groups is 1. The fourth-order valence-electron chi connectivity index (χ4n) is 2.04. The number of carbonyl (C=O) groups is 2. The molecule has 0 spiro atoms. The maximum atomic E-state index is 12.3. The van der Waals surface area contributed by atoms with Gasteiger partial charge in [0.2, 0.25) is 0 Å². The summed E-state index contributed by atoms with van der Waals surface area (Å²) in [6, 6.07) is 8.01. The molecule has 1 aromatic carbocycles. The van der Waals surface area contributed by atoms with Crippen LogP contribution in [-0.4, -0.2) is 22.1 Å². The number of aryl methyl sites for hydroxylation is 1. The molecule has 0 bridgehead atoms. The first-order valence-corrected chi connectivity index (χ1v) is 7.74. The summed E-state index contributed by atoms with van der Waals surface area (Å²) in [4.78, 5) is 26.0. The SMILES string of the molecule is CCc1ccc(/C=C2/SC(=O)N([C@H](C)CC)C2=O)cc1. The normalized spacial score (nSPS) is 18.9. The number of carbonyl (C=O) groups excluding carboxylic acids is 2. The van der Waals surface area contributed by atoms with Gasteiger partial charge in [0, 0.05) is 6.04 Å². The van der Waals surface area contributed by atoms with Crippen molar-refractivity contribution in [2.24, 2.45) is 0 Å². The molecule has 0 aromatic heterocycles. The molecule has 1 aliphatic heterocycles. The molecule has 0 aliphatic carbocycles. The largest absolute Gasteiger partial charge is 0.293 e. The number of amides is 2. The minimum Gasteiger partial charge on any atom is -0.268 e. The van der Waals surface area contributed by atoms with Crippen molar-refractivity contribution in [3.63, 3.8) is 0 Å². The Bertz CT molecular complexity index is 548. The maximum absolute atomic E-state index is 12.3. The van der Waals surface area contributed by atoms with Crippen LogP contribution in [0.4, 0.5) is 4.79 Å². The van der Waals surface area contributed by atoms with Gasteiger partial charge in [0.1, 0.15) is 0 Å². The van der Waals surface area contributed by atoms with Crippen LogP contribution in [0.3, 0.4) is 0 Å².